The Labute approximate surface area is 122 Å². The number of hydrogen-bond donors (Lipinski definition) is 3. The van der Waals surface area contributed by atoms with Crippen LogP contribution >= 0.6 is 11.3 Å². The molecule has 1 aliphatic rings. The SMILES string of the molecule is Cc1ccsc1CNc1nc(C2CC2)nc(NN)c1C. The molecule has 0 bridgehead atoms. The van der Waals surface area contributed by atoms with Crippen LogP contribution in [0.2, 0.25) is 0 Å². The third kappa shape index (κ3) is 2.62. The van der Waals surface area contributed by atoms with Gasteiger partial charge in [0.1, 0.15) is 17.5 Å². The first-order valence-corrected chi connectivity index (χ1v) is 7.69. The number of anilines is 2. The van der Waals surface area contributed by atoms with Crippen molar-refractivity contribution in [3.63, 3.8) is 0 Å². The highest BCUT2D eigenvalue weighted by molar-refractivity contribution is 7.10. The van der Waals surface area contributed by atoms with E-state index < -0.39 is 0 Å². The molecule has 1 saturated carbocycles. The number of aryl methyl sites for hydroxylation is 1. The molecule has 20 heavy (non-hydrogen) atoms. The minimum atomic E-state index is 0.506. The molecule has 0 unspecified atom stereocenters. The normalized spacial score (nSPS) is 14.3. The molecular formula is C14H19N5S. The van der Waals surface area contributed by atoms with Gasteiger partial charge in [0.15, 0.2) is 0 Å². The fraction of sp³-hybridized carbons (Fsp3) is 0.429. The van der Waals surface area contributed by atoms with Crippen LogP contribution in [0.15, 0.2) is 11.4 Å². The minimum Gasteiger partial charge on any atom is -0.365 e. The van der Waals surface area contributed by atoms with Crippen molar-refractivity contribution in [2.45, 2.75) is 39.2 Å². The van der Waals surface area contributed by atoms with Gasteiger partial charge in [0.05, 0.1) is 6.54 Å². The maximum absolute atomic E-state index is 5.56. The minimum absolute atomic E-state index is 0.506. The molecule has 6 heteroatoms. The van der Waals surface area contributed by atoms with Gasteiger partial charge in [-0.05, 0) is 43.7 Å². The van der Waals surface area contributed by atoms with E-state index in [0.717, 1.165) is 23.8 Å². The Morgan fingerprint density at radius 3 is 2.65 bits per heavy atom. The first-order chi connectivity index (χ1) is 9.69. The largest absolute Gasteiger partial charge is 0.365 e. The number of aromatic nitrogens is 2. The number of thiophene rings is 1. The summed E-state index contributed by atoms with van der Waals surface area (Å²) >= 11 is 1.76. The van der Waals surface area contributed by atoms with Crippen LogP contribution in [0.3, 0.4) is 0 Å². The first kappa shape index (κ1) is 13.3. The van der Waals surface area contributed by atoms with E-state index in [1.807, 2.05) is 6.92 Å². The van der Waals surface area contributed by atoms with Crippen LogP contribution in [0.25, 0.3) is 0 Å². The molecule has 2 aromatic heterocycles. The van der Waals surface area contributed by atoms with E-state index in [1.54, 1.807) is 11.3 Å². The molecule has 0 amide bonds. The van der Waals surface area contributed by atoms with Gasteiger partial charge in [-0.1, -0.05) is 0 Å². The molecule has 0 aromatic carbocycles. The molecule has 1 fully saturated rings. The number of nitrogens with two attached hydrogens (primary N) is 1. The number of hydrazine groups is 1. The summed E-state index contributed by atoms with van der Waals surface area (Å²) in [5.41, 5.74) is 4.95. The molecular weight excluding hydrogens is 270 g/mol. The molecule has 4 N–H and O–H groups in total. The lowest BCUT2D eigenvalue weighted by Crippen LogP contribution is -2.14. The number of rotatable bonds is 5. The van der Waals surface area contributed by atoms with Crippen LogP contribution in [-0.4, -0.2) is 9.97 Å². The van der Waals surface area contributed by atoms with Gasteiger partial charge in [0.25, 0.3) is 0 Å². The van der Waals surface area contributed by atoms with E-state index in [0.29, 0.717) is 11.7 Å². The van der Waals surface area contributed by atoms with Gasteiger partial charge < -0.3 is 10.7 Å². The number of nitrogens with zero attached hydrogens (tertiary/aromatic N) is 2. The van der Waals surface area contributed by atoms with Crippen molar-refractivity contribution in [3.05, 3.63) is 33.3 Å². The van der Waals surface area contributed by atoms with Crippen LogP contribution in [0.1, 0.15) is 40.6 Å². The molecule has 0 spiro atoms. The Hall–Kier alpha value is -1.66. The summed E-state index contributed by atoms with van der Waals surface area (Å²) < 4.78 is 0. The Bertz CT molecular complexity index is 618. The smallest absolute Gasteiger partial charge is 0.148 e. The maximum Gasteiger partial charge on any atom is 0.148 e. The van der Waals surface area contributed by atoms with Crippen LogP contribution in [-0.2, 0) is 6.54 Å². The Kier molecular flexibility index (Phi) is 3.58. The van der Waals surface area contributed by atoms with Crippen molar-refractivity contribution in [1.82, 2.24) is 9.97 Å². The summed E-state index contributed by atoms with van der Waals surface area (Å²) in [7, 11) is 0. The van der Waals surface area contributed by atoms with E-state index in [-0.39, 0.29) is 0 Å². The second kappa shape index (κ2) is 5.38. The lowest BCUT2D eigenvalue weighted by molar-refractivity contribution is 0.911. The van der Waals surface area contributed by atoms with Crippen molar-refractivity contribution in [2.75, 3.05) is 10.7 Å². The van der Waals surface area contributed by atoms with Gasteiger partial charge >= 0.3 is 0 Å². The van der Waals surface area contributed by atoms with Crippen LogP contribution in [0.4, 0.5) is 11.6 Å². The maximum atomic E-state index is 5.56. The molecule has 3 rings (SSSR count). The summed E-state index contributed by atoms with van der Waals surface area (Å²) in [6.07, 6.45) is 2.35. The molecule has 2 aromatic rings. The summed E-state index contributed by atoms with van der Waals surface area (Å²) in [4.78, 5) is 10.5. The number of nitrogens with one attached hydrogen (secondary N) is 2. The molecule has 0 atom stereocenters. The predicted octanol–water partition coefficient (Wildman–Crippen LogP) is 2.93. The van der Waals surface area contributed by atoms with Crippen LogP contribution in [0, 0.1) is 13.8 Å². The third-order valence-corrected chi connectivity index (χ3v) is 4.65. The van der Waals surface area contributed by atoms with Crippen molar-refractivity contribution >= 4 is 23.0 Å². The molecule has 2 heterocycles. The Morgan fingerprint density at radius 2 is 2.05 bits per heavy atom. The third-order valence-electron chi connectivity index (χ3n) is 3.63. The number of hydrogen-bond acceptors (Lipinski definition) is 6. The molecule has 106 valence electrons. The zero-order valence-corrected chi connectivity index (χ0v) is 12.5. The van der Waals surface area contributed by atoms with Crippen molar-refractivity contribution in [1.29, 1.82) is 0 Å². The summed E-state index contributed by atoms with van der Waals surface area (Å²) in [5.74, 6) is 8.55. The number of nitrogen functional groups attached to an aromatic ring is 1. The highest BCUT2D eigenvalue weighted by Crippen LogP contribution is 2.39. The molecule has 1 aliphatic carbocycles. The second-order valence-corrected chi connectivity index (χ2v) is 6.20. The van der Waals surface area contributed by atoms with Gasteiger partial charge in [0.2, 0.25) is 0 Å². The second-order valence-electron chi connectivity index (χ2n) is 5.20. The van der Waals surface area contributed by atoms with E-state index in [9.17, 15) is 0 Å². The van der Waals surface area contributed by atoms with Crippen molar-refractivity contribution in [3.8, 4) is 0 Å². The highest BCUT2D eigenvalue weighted by Gasteiger charge is 2.28. The summed E-state index contributed by atoms with van der Waals surface area (Å²) in [5, 5.41) is 5.53. The zero-order valence-electron chi connectivity index (χ0n) is 11.7. The summed E-state index contributed by atoms with van der Waals surface area (Å²) in [6.45, 7) is 4.90. The van der Waals surface area contributed by atoms with Crippen LogP contribution in [0.5, 0.6) is 0 Å². The summed E-state index contributed by atoms with van der Waals surface area (Å²) in [6, 6.07) is 2.14. The van der Waals surface area contributed by atoms with Gasteiger partial charge in [-0.25, -0.2) is 15.8 Å². The fourth-order valence-electron chi connectivity index (χ4n) is 2.12. The highest BCUT2D eigenvalue weighted by atomic mass is 32.1. The lowest BCUT2D eigenvalue weighted by atomic mass is 10.2. The topological polar surface area (TPSA) is 75.9 Å². The molecule has 0 aliphatic heterocycles. The predicted molar refractivity (Wildman–Crippen MR) is 82.9 cm³/mol. The van der Waals surface area contributed by atoms with Gasteiger partial charge in [0, 0.05) is 16.4 Å². The van der Waals surface area contributed by atoms with E-state index in [1.165, 1.54) is 23.3 Å². The average molecular weight is 289 g/mol. The van der Waals surface area contributed by atoms with Gasteiger partial charge in [-0.3, -0.25) is 0 Å². The molecule has 5 nitrogen and oxygen atoms in total. The Morgan fingerprint density at radius 1 is 1.30 bits per heavy atom. The Balaban J connectivity index is 1.84. The molecule has 0 saturated heterocycles. The first-order valence-electron chi connectivity index (χ1n) is 6.81. The van der Waals surface area contributed by atoms with Gasteiger partial charge in [-0.15, -0.1) is 11.3 Å². The fourth-order valence-corrected chi connectivity index (χ4v) is 2.97. The monoisotopic (exact) mass is 289 g/mol. The average Bonchev–Trinajstić information content (AvgIpc) is 3.21. The zero-order chi connectivity index (χ0) is 14.1. The molecule has 0 radical (unpaired) electrons. The lowest BCUT2D eigenvalue weighted by Gasteiger charge is -2.13. The van der Waals surface area contributed by atoms with E-state index >= 15 is 0 Å². The van der Waals surface area contributed by atoms with Crippen molar-refractivity contribution < 1.29 is 0 Å². The van der Waals surface area contributed by atoms with E-state index in [4.69, 9.17) is 5.84 Å². The quantitative estimate of drug-likeness (QED) is 0.583. The van der Waals surface area contributed by atoms with Crippen LogP contribution < -0.4 is 16.6 Å². The van der Waals surface area contributed by atoms with Crippen molar-refractivity contribution in [2.24, 2.45) is 5.84 Å². The van der Waals surface area contributed by atoms with E-state index in [2.05, 4.69) is 39.1 Å². The van der Waals surface area contributed by atoms with Gasteiger partial charge in [-0.2, -0.15) is 0 Å². The standard InChI is InChI=1S/C14H19N5S/c1-8-5-6-20-11(8)7-16-12-9(2)13(19-15)18-14(17-12)10-3-4-10/h5-6,10H,3-4,7,15H2,1-2H3,(H2,16,17,18,19).